The fraction of sp³-hybridized carbons (Fsp3) is 0.632. The first kappa shape index (κ1) is 24.2. The molecule has 0 amide bonds. The molecule has 2 rings (SSSR count). The molecule has 2 N–H and O–H groups in total. The van der Waals surface area contributed by atoms with Crippen LogP contribution >= 0.6 is 24.0 Å². The van der Waals surface area contributed by atoms with Gasteiger partial charge in [-0.3, -0.25) is 9.89 Å². The molecule has 8 heteroatoms. The van der Waals surface area contributed by atoms with E-state index in [0.29, 0.717) is 23.3 Å². The number of guanidine groups is 1. The van der Waals surface area contributed by atoms with Crippen molar-refractivity contribution in [3.8, 4) is 0 Å². The Kier molecular flexibility index (Phi) is 10.6. The first-order chi connectivity index (χ1) is 12.5. The molecule has 0 spiro atoms. The summed E-state index contributed by atoms with van der Waals surface area (Å²) in [5, 5.41) is 6.65. The van der Waals surface area contributed by atoms with Crippen LogP contribution < -0.4 is 10.6 Å². The lowest BCUT2D eigenvalue weighted by atomic mass is 10.2. The second kappa shape index (κ2) is 11.9. The number of hydrogen-bond acceptors (Lipinski definition) is 4. The van der Waals surface area contributed by atoms with E-state index in [1.165, 1.54) is 12.8 Å². The fourth-order valence-corrected chi connectivity index (χ4v) is 5.01. The average Bonchev–Trinajstić information content (AvgIpc) is 3.12. The summed E-state index contributed by atoms with van der Waals surface area (Å²) in [5.74, 6) is 0.724. The van der Waals surface area contributed by atoms with Crippen LogP contribution in [-0.2, 0) is 9.84 Å². The van der Waals surface area contributed by atoms with E-state index in [1.54, 1.807) is 31.3 Å². The van der Waals surface area contributed by atoms with Gasteiger partial charge in [0.25, 0.3) is 0 Å². The third kappa shape index (κ3) is 7.23. The summed E-state index contributed by atoms with van der Waals surface area (Å²) in [6, 6.07) is 8.96. The van der Waals surface area contributed by atoms with Gasteiger partial charge in [-0.05, 0) is 44.5 Å². The molecule has 6 nitrogen and oxygen atoms in total. The Morgan fingerprint density at radius 1 is 1.30 bits per heavy atom. The number of nitrogens with zero attached hydrogens (tertiary/aromatic N) is 2. The van der Waals surface area contributed by atoms with Crippen LogP contribution in [0.25, 0.3) is 0 Å². The Hall–Kier alpha value is -0.870. The highest BCUT2D eigenvalue weighted by Crippen LogP contribution is 2.15. The van der Waals surface area contributed by atoms with Gasteiger partial charge >= 0.3 is 0 Å². The lowest BCUT2D eigenvalue weighted by Gasteiger charge is -2.25. The standard InChI is InChI=1S/C19H32N4O2S.HI/c1-4-16(15-26(24,25)18-11-7-6-8-12-18)22-19(20-3)21-14-17-10-9-13-23(17)5-2;/h6-8,11-12,16-17H,4-5,9-10,13-15H2,1-3H3,(H2,20,21,22);1H. The minimum absolute atomic E-state index is 0. The summed E-state index contributed by atoms with van der Waals surface area (Å²) >= 11 is 0. The van der Waals surface area contributed by atoms with Crippen molar-refractivity contribution in [2.24, 2.45) is 4.99 Å². The molecule has 2 unspecified atom stereocenters. The Balaban J connectivity index is 0.00000364. The average molecular weight is 508 g/mol. The van der Waals surface area contributed by atoms with E-state index in [4.69, 9.17) is 0 Å². The van der Waals surface area contributed by atoms with E-state index >= 15 is 0 Å². The van der Waals surface area contributed by atoms with Gasteiger partial charge in [0.05, 0.1) is 10.6 Å². The number of likely N-dealkylation sites (tertiary alicyclic amines) is 1. The summed E-state index contributed by atoms with van der Waals surface area (Å²) < 4.78 is 25.2. The predicted octanol–water partition coefficient (Wildman–Crippen LogP) is 2.51. The highest BCUT2D eigenvalue weighted by molar-refractivity contribution is 14.0. The Morgan fingerprint density at radius 2 is 2.00 bits per heavy atom. The van der Waals surface area contributed by atoms with Crippen molar-refractivity contribution < 1.29 is 8.42 Å². The van der Waals surface area contributed by atoms with Gasteiger partial charge < -0.3 is 10.6 Å². The summed E-state index contributed by atoms with van der Waals surface area (Å²) in [6.45, 7) is 7.22. The van der Waals surface area contributed by atoms with E-state index in [-0.39, 0.29) is 35.8 Å². The van der Waals surface area contributed by atoms with Crippen LogP contribution in [0.15, 0.2) is 40.2 Å². The lowest BCUT2D eigenvalue weighted by molar-refractivity contribution is 0.267. The van der Waals surface area contributed by atoms with Crippen molar-refractivity contribution in [3.63, 3.8) is 0 Å². The molecule has 1 aromatic rings. The molecule has 1 saturated heterocycles. The summed E-state index contributed by atoms with van der Waals surface area (Å²) in [7, 11) is -1.60. The van der Waals surface area contributed by atoms with Gasteiger partial charge in [0, 0.05) is 25.7 Å². The van der Waals surface area contributed by atoms with Crippen LogP contribution in [0.1, 0.15) is 33.1 Å². The predicted molar refractivity (Wildman–Crippen MR) is 123 cm³/mol. The van der Waals surface area contributed by atoms with Gasteiger partial charge in [0.15, 0.2) is 15.8 Å². The number of halogens is 1. The molecule has 1 aliphatic heterocycles. The van der Waals surface area contributed by atoms with Gasteiger partial charge in [0.2, 0.25) is 0 Å². The van der Waals surface area contributed by atoms with Gasteiger partial charge in [-0.15, -0.1) is 24.0 Å². The molecule has 0 aromatic heterocycles. The molecule has 1 heterocycles. The molecule has 1 fully saturated rings. The van der Waals surface area contributed by atoms with Gasteiger partial charge in [-0.1, -0.05) is 32.0 Å². The molecular formula is C19H33IN4O2S. The topological polar surface area (TPSA) is 73.8 Å². The zero-order valence-corrected chi connectivity index (χ0v) is 19.7. The molecule has 0 bridgehead atoms. The lowest BCUT2D eigenvalue weighted by Crippen LogP contribution is -2.49. The van der Waals surface area contributed by atoms with Crippen LogP contribution in [0.4, 0.5) is 0 Å². The molecular weight excluding hydrogens is 475 g/mol. The maximum absolute atomic E-state index is 12.6. The normalized spacial score (nSPS) is 19.4. The highest BCUT2D eigenvalue weighted by atomic mass is 127. The van der Waals surface area contributed by atoms with Gasteiger partial charge in [-0.25, -0.2) is 8.42 Å². The van der Waals surface area contributed by atoms with Crippen LogP contribution in [0.2, 0.25) is 0 Å². The van der Waals surface area contributed by atoms with E-state index in [9.17, 15) is 8.42 Å². The van der Waals surface area contributed by atoms with Crippen molar-refractivity contribution in [1.29, 1.82) is 0 Å². The third-order valence-electron chi connectivity index (χ3n) is 4.99. The quantitative estimate of drug-likeness (QED) is 0.321. The molecule has 0 radical (unpaired) electrons. The first-order valence-electron chi connectivity index (χ1n) is 9.49. The van der Waals surface area contributed by atoms with E-state index < -0.39 is 9.84 Å². The number of benzene rings is 1. The van der Waals surface area contributed by atoms with E-state index in [2.05, 4.69) is 27.4 Å². The number of likely N-dealkylation sites (N-methyl/N-ethyl adjacent to an activating group) is 1. The van der Waals surface area contributed by atoms with Crippen LogP contribution in [0, 0.1) is 0 Å². The van der Waals surface area contributed by atoms with Crippen molar-refractivity contribution in [3.05, 3.63) is 30.3 Å². The first-order valence-corrected chi connectivity index (χ1v) is 11.1. The van der Waals surface area contributed by atoms with Crippen molar-refractivity contribution >= 4 is 39.8 Å². The maximum atomic E-state index is 12.6. The Bertz CT molecular complexity index is 682. The minimum Gasteiger partial charge on any atom is -0.355 e. The molecule has 1 aromatic carbocycles. The van der Waals surface area contributed by atoms with E-state index in [0.717, 1.165) is 19.6 Å². The fourth-order valence-electron chi connectivity index (χ4n) is 3.40. The van der Waals surface area contributed by atoms with Crippen LogP contribution in [-0.4, -0.2) is 63.8 Å². The molecule has 2 atom stereocenters. The monoisotopic (exact) mass is 508 g/mol. The molecule has 154 valence electrons. The second-order valence-electron chi connectivity index (χ2n) is 6.72. The van der Waals surface area contributed by atoms with Crippen molar-refractivity contribution in [2.45, 2.75) is 50.1 Å². The third-order valence-corrected chi connectivity index (χ3v) is 6.82. The number of rotatable bonds is 8. The second-order valence-corrected chi connectivity index (χ2v) is 8.76. The smallest absolute Gasteiger partial charge is 0.191 e. The molecule has 0 aliphatic carbocycles. The van der Waals surface area contributed by atoms with Crippen molar-refractivity contribution in [1.82, 2.24) is 15.5 Å². The molecule has 0 saturated carbocycles. The molecule has 1 aliphatic rings. The van der Waals surface area contributed by atoms with Gasteiger partial charge in [-0.2, -0.15) is 0 Å². The Labute approximate surface area is 181 Å². The summed E-state index contributed by atoms with van der Waals surface area (Å²) in [6.07, 6.45) is 3.13. The zero-order chi connectivity index (χ0) is 19.0. The summed E-state index contributed by atoms with van der Waals surface area (Å²) in [4.78, 5) is 7.11. The summed E-state index contributed by atoms with van der Waals surface area (Å²) in [5.41, 5.74) is 0. The number of nitrogens with one attached hydrogen (secondary N) is 2. The van der Waals surface area contributed by atoms with Crippen LogP contribution in [0.3, 0.4) is 0 Å². The number of hydrogen-bond donors (Lipinski definition) is 2. The van der Waals surface area contributed by atoms with E-state index in [1.807, 2.05) is 13.0 Å². The Morgan fingerprint density at radius 3 is 2.59 bits per heavy atom. The minimum atomic E-state index is -3.32. The number of aliphatic imine (C=N–C) groups is 1. The number of sulfone groups is 1. The highest BCUT2D eigenvalue weighted by Gasteiger charge is 2.24. The van der Waals surface area contributed by atoms with Crippen LogP contribution in [0.5, 0.6) is 0 Å². The van der Waals surface area contributed by atoms with Crippen molar-refractivity contribution in [2.75, 3.05) is 32.4 Å². The largest absolute Gasteiger partial charge is 0.355 e. The van der Waals surface area contributed by atoms with Gasteiger partial charge in [0.1, 0.15) is 0 Å². The molecule has 27 heavy (non-hydrogen) atoms. The zero-order valence-electron chi connectivity index (χ0n) is 16.5. The SMILES string of the molecule is CCC(CS(=O)(=O)c1ccccc1)NC(=NC)NCC1CCCN1CC.I. The maximum Gasteiger partial charge on any atom is 0.191 e.